The molecule has 20 heavy (non-hydrogen) atoms. The van der Waals surface area contributed by atoms with E-state index < -0.39 is 0 Å². The van der Waals surface area contributed by atoms with Crippen molar-refractivity contribution in [2.75, 3.05) is 6.79 Å². The zero-order chi connectivity index (χ0) is 13.9. The van der Waals surface area contributed by atoms with Gasteiger partial charge >= 0.3 is 0 Å². The summed E-state index contributed by atoms with van der Waals surface area (Å²) < 4.78 is 10.8. The van der Waals surface area contributed by atoms with Crippen molar-refractivity contribution < 1.29 is 9.47 Å². The third kappa shape index (κ3) is 1.36. The van der Waals surface area contributed by atoms with Gasteiger partial charge in [0.2, 0.25) is 17.7 Å². The minimum absolute atomic E-state index is 0.174. The molecule has 0 spiro atoms. The number of fused-ring (bicyclic) bond motifs is 4. The number of hydrogen-bond acceptors (Lipinski definition) is 4. The molecule has 1 aliphatic carbocycles. The van der Waals surface area contributed by atoms with Crippen molar-refractivity contribution in [3.63, 3.8) is 0 Å². The monoisotopic (exact) mass is 270 g/mol. The molecule has 1 aliphatic heterocycles. The zero-order valence-corrected chi connectivity index (χ0v) is 11.2. The van der Waals surface area contributed by atoms with Crippen molar-refractivity contribution in [1.82, 2.24) is 0 Å². The van der Waals surface area contributed by atoms with Crippen LogP contribution < -0.4 is 20.3 Å². The molecule has 0 radical (unpaired) electrons. The summed E-state index contributed by atoms with van der Waals surface area (Å²) in [7, 11) is 0. The lowest BCUT2D eigenvalue weighted by Crippen LogP contribution is -2.41. The van der Waals surface area contributed by atoms with Crippen LogP contribution in [-0.2, 0) is 6.42 Å². The number of benzene rings is 1. The Morgan fingerprint density at radius 3 is 2.65 bits per heavy atom. The first kappa shape index (κ1) is 11.7. The third-order valence-electron chi connectivity index (χ3n) is 4.33. The average Bonchev–Trinajstić information content (AvgIpc) is 2.90. The van der Waals surface area contributed by atoms with E-state index in [0.717, 1.165) is 41.7 Å². The predicted molar refractivity (Wildman–Crippen MR) is 74.3 cm³/mol. The Morgan fingerprint density at radius 1 is 1.15 bits per heavy atom. The van der Waals surface area contributed by atoms with Gasteiger partial charge in [0, 0.05) is 11.1 Å². The summed E-state index contributed by atoms with van der Waals surface area (Å²) >= 11 is 0. The van der Waals surface area contributed by atoms with Gasteiger partial charge in [-0.15, -0.1) is 0 Å². The Kier molecular flexibility index (Phi) is 2.31. The minimum atomic E-state index is -0.346. The van der Waals surface area contributed by atoms with Gasteiger partial charge in [-0.05, 0) is 42.0 Å². The first-order valence-corrected chi connectivity index (χ1v) is 6.96. The average molecular weight is 270 g/mol. The van der Waals surface area contributed by atoms with E-state index in [9.17, 15) is 9.59 Å². The van der Waals surface area contributed by atoms with E-state index in [0.29, 0.717) is 11.3 Å². The van der Waals surface area contributed by atoms with Gasteiger partial charge in [0.15, 0.2) is 11.5 Å². The lowest BCUT2D eigenvalue weighted by atomic mass is 9.73. The highest BCUT2D eigenvalue weighted by Crippen LogP contribution is 2.45. The highest BCUT2D eigenvalue weighted by atomic mass is 16.7. The molecular weight excluding hydrogens is 256 g/mol. The highest BCUT2D eigenvalue weighted by molar-refractivity contribution is 5.79. The first-order chi connectivity index (χ1) is 9.70. The Hall–Kier alpha value is -2.10. The van der Waals surface area contributed by atoms with Gasteiger partial charge in [0.1, 0.15) is 0 Å². The van der Waals surface area contributed by atoms with Gasteiger partial charge in [0.25, 0.3) is 0 Å². The van der Waals surface area contributed by atoms with E-state index >= 15 is 0 Å². The van der Waals surface area contributed by atoms with Gasteiger partial charge in [-0.3, -0.25) is 9.59 Å². The molecule has 102 valence electrons. The summed E-state index contributed by atoms with van der Waals surface area (Å²) in [5.74, 6) is 1.57. The van der Waals surface area contributed by atoms with E-state index in [1.807, 2.05) is 12.1 Å². The number of rotatable bonds is 2. The molecule has 0 unspecified atom stereocenters. The van der Waals surface area contributed by atoms with Crippen molar-refractivity contribution in [1.29, 1.82) is 0 Å². The maximum absolute atomic E-state index is 11.9. The van der Waals surface area contributed by atoms with E-state index in [1.54, 1.807) is 0 Å². The molecular formula is C16H14O4. The van der Waals surface area contributed by atoms with Crippen LogP contribution in [0, 0.1) is 0 Å². The molecule has 2 aliphatic rings. The number of hydrogen-bond donors (Lipinski definition) is 0. The van der Waals surface area contributed by atoms with Gasteiger partial charge < -0.3 is 9.47 Å². The topological polar surface area (TPSA) is 52.6 Å². The molecule has 0 aromatic heterocycles. The van der Waals surface area contributed by atoms with Crippen molar-refractivity contribution in [2.24, 2.45) is 0 Å². The fourth-order valence-electron chi connectivity index (χ4n) is 3.41. The second kappa shape index (κ2) is 3.95. The zero-order valence-electron chi connectivity index (χ0n) is 11.2. The Bertz CT molecular complexity index is 780. The maximum Gasteiger partial charge on any atom is 0.234 e. The van der Waals surface area contributed by atoms with Crippen LogP contribution in [0.25, 0.3) is 11.1 Å². The lowest BCUT2D eigenvalue weighted by Gasteiger charge is -2.28. The lowest BCUT2D eigenvalue weighted by molar-refractivity contribution is 0.174. The molecule has 4 heteroatoms. The molecule has 1 atom stereocenters. The summed E-state index contributed by atoms with van der Waals surface area (Å²) in [6.07, 6.45) is 2.74. The smallest absolute Gasteiger partial charge is 0.234 e. The largest absolute Gasteiger partial charge is 0.454 e. The van der Waals surface area contributed by atoms with E-state index in [4.69, 9.17) is 9.47 Å². The Balaban J connectivity index is 1.92. The van der Waals surface area contributed by atoms with Crippen molar-refractivity contribution in [2.45, 2.75) is 32.1 Å². The maximum atomic E-state index is 11.9. The highest BCUT2D eigenvalue weighted by Gasteiger charge is 2.35. The standard InChI is InChI=1S/C16H14O4/c1-2-3-8-4-9-5-11-12(20-7-19-11)6-10(9)14-13(8)15(17)16(14)18/h5-6,8H,2-4,7H2,1H3/t8-/m0/s1. The Morgan fingerprint density at radius 2 is 1.90 bits per heavy atom. The van der Waals surface area contributed by atoms with Gasteiger partial charge in [-0.1, -0.05) is 13.3 Å². The molecule has 1 heterocycles. The molecule has 4 rings (SSSR count). The SMILES string of the molecule is CCC[C@H]1Cc2cc3c(cc2-c2c1c(=O)c2=O)OCO3. The summed E-state index contributed by atoms with van der Waals surface area (Å²) in [5.41, 5.74) is 2.67. The van der Waals surface area contributed by atoms with Gasteiger partial charge in [-0.2, -0.15) is 0 Å². The van der Waals surface area contributed by atoms with Crippen LogP contribution in [0.5, 0.6) is 11.5 Å². The fraction of sp³-hybridized carbons (Fsp3) is 0.375. The van der Waals surface area contributed by atoms with Crippen LogP contribution in [0.15, 0.2) is 21.7 Å². The summed E-state index contributed by atoms with van der Waals surface area (Å²) in [4.78, 5) is 23.8. The molecule has 0 fully saturated rings. The quantitative estimate of drug-likeness (QED) is 0.784. The molecule has 0 saturated carbocycles. The van der Waals surface area contributed by atoms with Crippen molar-refractivity contribution >= 4 is 0 Å². The van der Waals surface area contributed by atoms with Gasteiger partial charge in [-0.25, -0.2) is 0 Å². The second-order valence-corrected chi connectivity index (χ2v) is 5.50. The van der Waals surface area contributed by atoms with Crippen molar-refractivity contribution in [3.8, 4) is 22.6 Å². The molecule has 2 aromatic carbocycles. The minimum Gasteiger partial charge on any atom is -0.454 e. The van der Waals surface area contributed by atoms with E-state index in [-0.39, 0.29) is 23.6 Å². The van der Waals surface area contributed by atoms with Crippen LogP contribution >= 0.6 is 0 Å². The fourth-order valence-corrected chi connectivity index (χ4v) is 3.41. The predicted octanol–water partition coefficient (Wildman–Crippen LogP) is 2.12. The van der Waals surface area contributed by atoms with Crippen LogP contribution in [0.3, 0.4) is 0 Å². The molecule has 2 aromatic rings. The molecule has 4 nitrogen and oxygen atoms in total. The normalized spacial score (nSPS) is 18.9. The molecule has 0 N–H and O–H groups in total. The van der Waals surface area contributed by atoms with Gasteiger partial charge in [0.05, 0.1) is 0 Å². The summed E-state index contributed by atoms with van der Waals surface area (Å²) in [5, 5.41) is 0. The molecule has 0 bridgehead atoms. The second-order valence-electron chi connectivity index (χ2n) is 5.50. The Labute approximate surface area is 115 Å². The summed E-state index contributed by atoms with van der Waals surface area (Å²) in [6, 6.07) is 3.81. The van der Waals surface area contributed by atoms with Crippen molar-refractivity contribution in [3.05, 3.63) is 43.7 Å². The van der Waals surface area contributed by atoms with E-state index in [1.165, 1.54) is 0 Å². The van der Waals surface area contributed by atoms with Crippen LogP contribution in [-0.4, -0.2) is 6.79 Å². The van der Waals surface area contributed by atoms with E-state index in [2.05, 4.69) is 6.92 Å². The first-order valence-electron chi connectivity index (χ1n) is 6.96. The third-order valence-corrected chi connectivity index (χ3v) is 4.33. The summed E-state index contributed by atoms with van der Waals surface area (Å²) in [6.45, 7) is 2.32. The molecule has 0 saturated heterocycles. The van der Waals surface area contributed by atoms with Crippen LogP contribution in [0.4, 0.5) is 0 Å². The van der Waals surface area contributed by atoms with Crippen LogP contribution in [0.1, 0.15) is 36.8 Å². The number of ether oxygens (including phenoxy) is 2. The van der Waals surface area contributed by atoms with Crippen LogP contribution in [0.2, 0.25) is 0 Å². The molecule has 0 amide bonds.